The Hall–Kier alpha value is -1.04. The van der Waals surface area contributed by atoms with E-state index in [1.807, 2.05) is 0 Å². The lowest BCUT2D eigenvalue weighted by atomic mass is 9.51. The Morgan fingerprint density at radius 2 is 2.00 bits per heavy atom. The Bertz CT molecular complexity index is 645. The first-order valence-electron chi connectivity index (χ1n) is 10.2. The fraction of sp³-hybridized carbons (Fsp3) is 0.667. The zero-order valence-electron chi connectivity index (χ0n) is 16.0. The van der Waals surface area contributed by atoms with E-state index in [1.165, 1.54) is 56.1 Å². The van der Waals surface area contributed by atoms with Gasteiger partial charge in [0.25, 0.3) is 0 Å². The summed E-state index contributed by atoms with van der Waals surface area (Å²) < 4.78 is 0. The van der Waals surface area contributed by atoms with Crippen LogP contribution in [-0.4, -0.2) is 0 Å². The van der Waals surface area contributed by atoms with E-state index >= 15 is 0 Å². The minimum atomic E-state index is 0.339. The number of fused-ring (bicyclic) bond motifs is 5. The Labute approximate surface area is 148 Å². The van der Waals surface area contributed by atoms with Gasteiger partial charge in [0.15, 0.2) is 0 Å². The van der Waals surface area contributed by atoms with Gasteiger partial charge in [0.1, 0.15) is 0 Å². The summed E-state index contributed by atoms with van der Waals surface area (Å²) in [6.45, 7) is 16.1. The van der Waals surface area contributed by atoms with Crippen LogP contribution in [0.15, 0.2) is 47.6 Å². The van der Waals surface area contributed by atoms with Crippen molar-refractivity contribution in [2.24, 2.45) is 28.6 Å². The molecule has 0 saturated heterocycles. The van der Waals surface area contributed by atoms with E-state index in [2.05, 4.69) is 46.1 Å². The second-order valence-corrected chi connectivity index (χ2v) is 9.42. The van der Waals surface area contributed by atoms with Crippen LogP contribution in [0.4, 0.5) is 0 Å². The molecule has 4 aliphatic carbocycles. The summed E-state index contributed by atoms with van der Waals surface area (Å²) in [4.78, 5) is 0. The predicted molar refractivity (Wildman–Crippen MR) is 104 cm³/mol. The van der Waals surface area contributed by atoms with E-state index in [9.17, 15) is 0 Å². The Kier molecular flexibility index (Phi) is 3.75. The van der Waals surface area contributed by atoms with Crippen molar-refractivity contribution in [2.75, 3.05) is 0 Å². The molecule has 4 rings (SSSR count). The summed E-state index contributed by atoms with van der Waals surface area (Å²) >= 11 is 0. The highest BCUT2D eigenvalue weighted by Gasteiger charge is 2.55. The molecule has 0 aliphatic heterocycles. The monoisotopic (exact) mass is 322 g/mol. The van der Waals surface area contributed by atoms with E-state index in [1.54, 1.807) is 11.1 Å². The van der Waals surface area contributed by atoms with Gasteiger partial charge < -0.3 is 0 Å². The van der Waals surface area contributed by atoms with E-state index in [4.69, 9.17) is 0 Å². The highest BCUT2D eigenvalue weighted by Crippen LogP contribution is 2.65. The minimum absolute atomic E-state index is 0.339. The van der Waals surface area contributed by atoms with Crippen molar-refractivity contribution in [2.45, 2.75) is 72.1 Å². The van der Waals surface area contributed by atoms with Gasteiger partial charge in [-0.2, -0.15) is 0 Å². The van der Waals surface area contributed by atoms with Crippen LogP contribution in [0, 0.1) is 28.6 Å². The second kappa shape index (κ2) is 5.48. The van der Waals surface area contributed by atoms with Crippen molar-refractivity contribution in [3.8, 4) is 0 Å². The van der Waals surface area contributed by atoms with E-state index in [0.717, 1.165) is 24.2 Å². The van der Waals surface area contributed by atoms with E-state index < -0.39 is 0 Å². The summed E-state index contributed by atoms with van der Waals surface area (Å²) in [5, 5.41) is 0. The van der Waals surface area contributed by atoms with Crippen LogP contribution in [0.3, 0.4) is 0 Å². The predicted octanol–water partition coefficient (Wildman–Crippen LogP) is 7.01. The lowest BCUT2D eigenvalue weighted by molar-refractivity contribution is 0.0963. The Morgan fingerprint density at radius 3 is 2.75 bits per heavy atom. The standard InChI is InChI=1S/C24H34/c1-6-17(3)20-9-10-21-19-8-7-18-15-16(2)11-13-23(18,4)22(19)12-14-24(20,21)5/h12,15,19-21H,2-3,6-11,13-14H2,1,4-5H3. The first-order valence-corrected chi connectivity index (χ1v) is 10.2. The molecule has 2 fully saturated rings. The maximum atomic E-state index is 4.44. The van der Waals surface area contributed by atoms with Crippen molar-refractivity contribution in [3.05, 3.63) is 47.6 Å². The number of hydrogen-bond donors (Lipinski definition) is 0. The molecule has 2 saturated carbocycles. The lowest BCUT2D eigenvalue weighted by Crippen LogP contribution is -2.44. The molecule has 0 heteroatoms. The van der Waals surface area contributed by atoms with Crippen LogP contribution in [0.1, 0.15) is 72.1 Å². The summed E-state index contributed by atoms with van der Waals surface area (Å²) in [6, 6.07) is 0. The Morgan fingerprint density at radius 1 is 1.21 bits per heavy atom. The van der Waals surface area contributed by atoms with Crippen molar-refractivity contribution in [1.29, 1.82) is 0 Å². The quantitative estimate of drug-likeness (QED) is 0.480. The molecule has 0 aromatic carbocycles. The van der Waals surface area contributed by atoms with Gasteiger partial charge in [-0.05, 0) is 74.5 Å². The molecule has 0 radical (unpaired) electrons. The molecule has 0 heterocycles. The van der Waals surface area contributed by atoms with E-state index in [0.29, 0.717) is 10.8 Å². The van der Waals surface area contributed by atoms with Crippen molar-refractivity contribution in [3.63, 3.8) is 0 Å². The average Bonchev–Trinajstić information content (AvgIpc) is 2.92. The topological polar surface area (TPSA) is 0 Å². The minimum Gasteiger partial charge on any atom is -0.0996 e. The zero-order chi connectivity index (χ0) is 17.1. The maximum absolute atomic E-state index is 4.44. The molecule has 0 N–H and O–H groups in total. The molecule has 130 valence electrons. The third kappa shape index (κ3) is 2.11. The number of hydrogen-bond acceptors (Lipinski definition) is 0. The maximum Gasteiger partial charge on any atom is 0.0101 e. The van der Waals surface area contributed by atoms with Gasteiger partial charge in [-0.15, -0.1) is 0 Å². The van der Waals surface area contributed by atoms with Crippen LogP contribution >= 0.6 is 0 Å². The van der Waals surface area contributed by atoms with Crippen LogP contribution in [0.2, 0.25) is 0 Å². The van der Waals surface area contributed by atoms with Gasteiger partial charge in [-0.25, -0.2) is 0 Å². The SMILES string of the molecule is C=C1C=C2CCC3C(=CCC4(C)C(C(=C)CC)CCC34)C2(C)CC1. The molecule has 24 heavy (non-hydrogen) atoms. The largest absolute Gasteiger partial charge is 0.0996 e. The molecule has 4 aliphatic rings. The highest BCUT2D eigenvalue weighted by atomic mass is 14.6. The lowest BCUT2D eigenvalue weighted by Gasteiger charge is -2.54. The molecule has 0 bridgehead atoms. The van der Waals surface area contributed by atoms with Crippen LogP contribution in [0.25, 0.3) is 0 Å². The molecule has 0 spiro atoms. The molecule has 0 nitrogen and oxygen atoms in total. The molecule has 5 atom stereocenters. The van der Waals surface area contributed by atoms with Gasteiger partial charge in [-0.3, -0.25) is 0 Å². The molecule has 0 amide bonds. The van der Waals surface area contributed by atoms with Gasteiger partial charge in [-0.1, -0.05) is 68.4 Å². The van der Waals surface area contributed by atoms with Crippen molar-refractivity contribution in [1.82, 2.24) is 0 Å². The number of allylic oxidation sites excluding steroid dienone is 6. The summed E-state index contributed by atoms with van der Waals surface area (Å²) in [6.07, 6.45) is 15.5. The van der Waals surface area contributed by atoms with Crippen LogP contribution in [-0.2, 0) is 0 Å². The summed E-state index contributed by atoms with van der Waals surface area (Å²) in [5.74, 6) is 2.46. The van der Waals surface area contributed by atoms with Gasteiger partial charge in [0.05, 0.1) is 0 Å². The van der Waals surface area contributed by atoms with Crippen LogP contribution in [0.5, 0.6) is 0 Å². The first-order chi connectivity index (χ1) is 11.4. The molecule has 0 aromatic heterocycles. The fourth-order valence-electron chi connectivity index (χ4n) is 6.86. The van der Waals surface area contributed by atoms with Gasteiger partial charge >= 0.3 is 0 Å². The third-order valence-corrected chi connectivity index (χ3v) is 8.40. The van der Waals surface area contributed by atoms with Crippen LogP contribution < -0.4 is 0 Å². The molecular weight excluding hydrogens is 288 g/mol. The fourth-order valence-corrected chi connectivity index (χ4v) is 6.86. The van der Waals surface area contributed by atoms with Crippen molar-refractivity contribution >= 4 is 0 Å². The summed E-state index contributed by atoms with van der Waals surface area (Å²) in [7, 11) is 0. The third-order valence-electron chi connectivity index (χ3n) is 8.40. The van der Waals surface area contributed by atoms with E-state index in [-0.39, 0.29) is 0 Å². The zero-order valence-corrected chi connectivity index (χ0v) is 16.0. The highest BCUT2D eigenvalue weighted by molar-refractivity contribution is 5.43. The Balaban J connectivity index is 1.72. The van der Waals surface area contributed by atoms with Crippen molar-refractivity contribution < 1.29 is 0 Å². The first kappa shape index (κ1) is 16.4. The molecule has 5 unspecified atom stereocenters. The number of rotatable bonds is 2. The normalized spacial score (nSPS) is 44.1. The van der Waals surface area contributed by atoms with Gasteiger partial charge in [0.2, 0.25) is 0 Å². The molecular formula is C24H34. The molecule has 0 aromatic rings. The average molecular weight is 323 g/mol. The summed E-state index contributed by atoms with van der Waals surface area (Å²) in [5.41, 5.74) is 7.15. The smallest absolute Gasteiger partial charge is 0.0101 e. The van der Waals surface area contributed by atoms with Gasteiger partial charge in [0, 0.05) is 5.41 Å². The second-order valence-electron chi connectivity index (χ2n) is 9.42.